The van der Waals surface area contributed by atoms with E-state index in [1.165, 1.54) is 22.4 Å². The fraction of sp³-hybridized carbons (Fsp3) is 0.476. The van der Waals surface area contributed by atoms with E-state index in [1.54, 1.807) is 0 Å². The molecule has 1 amide bonds. The average molecular weight is 338 g/mol. The summed E-state index contributed by atoms with van der Waals surface area (Å²) in [7, 11) is 0. The van der Waals surface area contributed by atoms with Crippen LogP contribution < -0.4 is 5.32 Å². The molecule has 0 aromatic heterocycles. The fourth-order valence-electron chi connectivity index (χ4n) is 3.83. The minimum Gasteiger partial charge on any atom is -0.381 e. The van der Waals surface area contributed by atoms with Crippen molar-refractivity contribution in [1.29, 1.82) is 0 Å². The zero-order chi connectivity index (χ0) is 17.1. The van der Waals surface area contributed by atoms with Gasteiger partial charge in [0.05, 0.1) is 0 Å². The van der Waals surface area contributed by atoms with Crippen LogP contribution in [0.1, 0.15) is 29.5 Å². The first kappa shape index (κ1) is 16.4. The third-order valence-electron chi connectivity index (χ3n) is 5.53. The highest BCUT2D eigenvalue weighted by atomic mass is 16.5. The molecule has 25 heavy (non-hydrogen) atoms. The molecule has 1 saturated heterocycles. The first-order valence-corrected chi connectivity index (χ1v) is 9.39. The lowest BCUT2D eigenvalue weighted by Gasteiger charge is -2.26. The maximum absolute atomic E-state index is 12.3. The summed E-state index contributed by atoms with van der Waals surface area (Å²) in [6.45, 7) is 4.20. The largest absolute Gasteiger partial charge is 0.381 e. The summed E-state index contributed by atoms with van der Waals surface area (Å²) in [6, 6.07) is 6.70. The van der Waals surface area contributed by atoms with Crippen LogP contribution in [0.15, 0.2) is 42.1 Å². The molecule has 0 saturated carbocycles. The Kier molecular flexibility index (Phi) is 4.88. The number of allylic oxidation sites excluding steroid dienone is 3. The van der Waals surface area contributed by atoms with Gasteiger partial charge in [-0.2, -0.15) is 0 Å². The maximum Gasteiger partial charge on any atom is 0.223 e. The van der Waals surface area contributed by atoms with Crippen molar-refractivity contribution in [2.24, 2.45) is 5.92 Å². The molecular weight excluding hydrogens is 312 g/mol. The van der Waals surface area contributed by atoms with Crippen molar-refractivity contribution in [3.63, 3.8) is 0 Å². The summed E-state index contributed by atoms with van der Waals surface area (Å²) in [4.78, 5) is 14.8. The molecule has 0 spiro atoms. The van der Waals surface area contributed by atoms with Crippen LogP contribution in [0.4, 0.5) is 0 Å². The SMILES string of the molecule is O=C(NCc1ccc2c(c1)CCN(C1=CC=C1)CC2)C1CCOCC1. The Morgan fingerprint density at radius 3 is 2.64 bits per heavy atom. The molecule has 1 aromatic rings. The molecule has 0 radical (unpaired) electrons. The summed E-state index contributed by atoms with van der Waals surface area (Å²) in [6.07, 6.45) is 10.3. The van der Waals surface area contributed by atoms with E-state index in [0.717, 1.165) is 38.8 Å². The highest BCUT2D eigenvalue weighted by Crippen LogP contribution is 2.22. The van der Waals surface area contributed by atoms with Crippen molar-refractivity contribution in [3.8, 4) is 0 Å². The number of carbonyl (C=O) groups excluding carboxylic acids is 1. The second kappa shape index (κ2) is 7.44. The van der Waals surface area contributed by atoms with E-state index in [-0.39, 0.29) is 11.8 Å². The Labute approximate surface area is 149 Å². The van der Waals surface area contributed by atoms with Crippen LogP contribution in [-0.4, -0.2) is 37.1 Å². The lowest BCUT2D eigenvalue weighted by molar-refractivity contribution is -0.128. The van der Waals surface area contributed by atoms with Crippen molar-refractivity contribution in [2.75, 3.05) is 26.3 Å². The number of fused-ring (bicyclic) bond motifs is 1. The topological polar surface area (TPSA) is 41.6 Å². The van der Waals surface area contributed by atoms with E-state index < -0.39 is 0 Å². The molecule has 0 atom stereocenters. The third-order valence-corrected chi connectivity index (χ3v) is 5.53. The lowest BCUT2D eigenvalue weighted by Crippen LogP contribution is -2.33. The molecule has 4 rings (SSSR count). The van der Waals surface area contributed by atoms with Crippen molar-refractivity contribution in [2.45, 2.75) is 32.2 Å². The van der Waals surface area contributed by atoms with Gasteiger partial charge in [0, 0.05) is 44.5 Å². The van der Waals surface area contributed by atoms with Gasteiger partial charge in [-0.25, -0.2) is 0 Å². The standard InChI is InChI=1S/C21H26N2O2/c24-21(18-8-12-25-13-9-18)22-15-16-4-5-17-6-10-23(20-2-1-3-20)11-7-19(17)14-16/h1-5,14,18H,6-13,15H2,(H,22,24). The fourth-order valence-corrected chi connectivity index (χ4v) is 3.83. The normalized spacial score (nSPS) is 20.3. The van der Waals surface area contributed by atoms with E-state index in [4.69, 9.17) is 4.74 Å². The minimum atomic E-state index is 0.118. The van der Waals surface area contributed by atoms with Gasteiger partial charge in [0.1, 0.15) is 0 Å². The Hall–Kier alpha value is -2.07. The number of benzene rings is 1. The molecule has 4 nitrogen and oxygen atoms in total. The molecule has 2 heterocycles. The van der Waals surface area contributed by atoms with Crippen LogP contribution in [0.5, 0.6) is 0 Å². The molecule has 2 aliphatic heterocycles. The zero-order valence-electron chi connectivity index (χ0n) is 14.7. The Bertz CT molecular complexity index is 702. The van der Waals surface area contributed by atoms with Gasteiger partial charge in [0.25, 0.3) is 0 Å². The van der Waals surface area contributed by atoms with E-state index in [1.807, 2.05) is 0 Å². The molecule has 4 heteroatoms. The number of nitrogens with one attached hydrogen (secondary N) is 1. The van der Waals surface area contributed by atoms with Crippen molar-refractivity contribution in [1.82, 2.24) is 10.2 Å². The number of amides is 1. The predicted octanol–water partition coefficient (Wildman–Crippen LogP) is 2.58. The van der Waals surface area contributed by atoms with Crippen LogP contribution in [0, 0.1) is 5.92 Å². The molecule has 0 unspecified atom stereocenters. The van der Waals surface area contributed by atoms with Crippen molar-refractivity contribution < 1.29 is 9.53 Å². The number of nitrogens with zero attached hydrogens (tertiary/aromatic N) is 1. The number of hydrogen-bond acceptors (Lipinski definition) is 3. The van der Waals surface area contributed by atoms with Crippen LogP contribution >= 0.6 is 0 Å². The second-order valence-electron chi connectivity index (χ2n) is 7.15. The van der Waals surface area contributed by atoms with Crippen molar-refractivity contribution in [3.05, 3.63) is 58.8 Å². The smallest absolute Gasteiger partial charge is 0.223 e. The molecule has 0 bridgehead atoms. The van der Waals surface area contributed by atoms with Crippen molar-refractivity contribution >= 4 is 5.91 Å². The first-order valence-electron chi connectivity index (χ1n) is 9.39. The molecule has 1 aromatic carbocycles. The molecular formula is C21H26N2O2. The first-order chi connectivity index (χ1) is 12.3. The van der Waals surface area contributed by atoms with Crippen LogP contribution in [-0.2, 0) is 28.9 Å². The van der Waals surface area contributed by atoms with Crippen LogP contribution in [0.25, 0.3) is 0 Å². The molecule has 132 valence electrons. The van der Waals surface area contributed by atoms with Gasteiger partial charge in [-0.1, -0.05) is 24.3 Å². The summed E-state index contributed by atoms with van der Waals surface area (Å²) in [5.41, 5.74) is 5.45. The Morgan fingerprint density at radius 1 is 1.16 bits per heavy atom. The summed E-state index contributed by atoms with van der Waals surface area (Å²) < 4.78 is 5.33. The number of hydrogen-bond donors (Lipinski definition) is 1. The van der Waals surface area contributed by atoms with Crippen LogP contribution in [0.3, 0.4) is 0 Å². The molecule has 1 N–H and O–H groups in total. The quantitative estimate of drug-likeness (QED) is 0.917. The van der Waals surface area contributed by atoms with Gasteiger partial charge in [0.2, 0.25) is 5.91 Å². The van der Waals surface area contributed by atoms with E-state index in [9.17, 15) is 4.79 Å². The monoisotopic (exact) mass is 338 g/mol. The summed E-state index contributed by atoms with van der Waals surface area (Å²) in [5.74, 6) is 0.292. The molecule has 3 aliphatic rings. The highest BCUT2D eigenvalue weighted by Gasteiger charge is 2.21. The predicted molar refractivity (Wildman–Crippen MR) is 98.0 cm³/mol. The lowest BCUT2D eigenvalue weighted by atomic mass is 9.98. The highest BCUT2D eigenvalue weighted by molar-refractivity contribution is 5.78. The summed E-state index contributed by atoms with van der Waals surface area (Å²) >= 11 is 0. The van der Waals surface area contributed by atoms with E-state index in [2.05, 4.69) is 46.6 Å². The number of ether oxygens (including phenoxy) is 1. The van der Waals surface area contributed by atoms with Gasteiger partial charge < -0.3 is 15.0 Å². The van der Waals surface area contributed by atoms with Gasteiger partial charge in [-0.05, 0) is 54.5 Å². The number of carbonyl (C=O) groups is 1. The van der Waals surface area contributed by atoms with E-state index >= 15 is 0 Å². The summed E-state index contributed by atoms with van der Waals surface area (Å²) in [5, 5.41) is 3.11. The molecule has 1 fully saturated rings. The minimum absolute atomic E-state index is 0.118. The third kappa shape index (κ3) is 3.79. The van der Waals surface area contributed by atoms with Crippen LogP contribution in [0.2, 0.25) is 0 Å². The maximum atomic E-state index is 12.3. The van der Waals surface area contributed by atoms with Gasteiger partial charge in [0.15, 0.2) is 0 Å². The Morgan fingerprint density at radius 2 is 1.92 bits per heavy atom. The Balaban J connectivity index is 1.35. The zero-order valence-corrected chi connectivity index (χ0v) is 14.7. The van der Waals surface area contributed by atoms with Gasteiger partial charge in [-0.3, -0.25) is 4.79 Å². The van der Waals surface area contributed by atoms with Gasteiger partial charge >= 0.3 is 0 Å². The number of rotatable bonds is 4. The van der Waals surface area contributed by atoms with Gasteiger partial charge in [-0.15, -0.1) is 0 Å². The van der Waals surface area contributed by atoms with E-state index in [0.29, 0.717) is 19.8 Å². The average Bonchev–Trinajstić information content (AvgIpc) is 2.81. The second-order valence-corrected chi connectivity index (χ2v) is 7.15. The molecule has 1 aliphatic carbocycles.